The zero-order chi connectivity index (χ0) is 14.7. The van der Waals surface area contributed by atoms with Crippen molar-refractivity contribution in [2.75, 3.05) is 26.7 Å². The van der Waals surface area contributed by atoms with Gasteiger partial charge in [-0.05, 0) is 48.0 Å². The van der Waals surface area contributed by atoms with Crippen LogP contribution in [0.1, 0.15) is 24.2 Å². The van der Waals surface area contributed by atoms with Crippen molar-refractivity contribution in [3.05, 3.63) is 28.2 Å². The molecule has 0 N–H and O–H groups in total. The summed E-state index contributed by atoms with van der Waals surface area (Å²) < 4.78 is 11.6. The molecule has 0 aromatic heterocycles. The van der Waals surface area contributed by atoms with Crippen molar-refractivity contribution in [1.82, 2.24) is 4.90 Å². The highest BCUT2D eigenvalue weighted by atomic mass is 79.9. The lowest BCUT2D eigenvalue weighted by molar-refractivity contribution is -0.0652. The fraction of sp³-hybridized carbons (Fsp3) is 0.533. The van der Waals surface area contributed by atoms with Gasteiger partial charge in [-0.3, -0.25) is 9.69 Å². The smallest absolute Gasteiger partial charge is 0.176 e. The first-order valence-corrected chi connectivity index (χ1v) is 7.53. The Morgan fingerprint density at radius 3 is 2.60 bits per heavy atom. The Balaban J connectivity index is 2.02. The molecule has 20 heavy (non-hydrogen) atoms. The molecule has 0 aliphatic carbocycles. The number of morpholine rings is 1. The summed E-state index contributed by atoms with van der Waals surface area (Å²) in [7, 11) is 1.61. The van der Waals surface area contributed by atoms with E-state index in [0.29, 0.717) is 12.1 Å². The molecule has 2 atom stereocenters. The van der Waals surface area contributed by atoms with Crippen LogP contribution in [0.15, 0.2) is 22.7 Å². The zero-order valence-electron chi connectivity index (χ0n) is 12.1. The van der Waals surface area contributed by atoms with Crippen LogP contribution in [0.3, 0.4) is 0 Å². The van der Waals surface area contributed by atoms with E-state index in [2.05, 4.69) is 20.8 Å². The van der Waals surface area contributed by atoms with Gasteiger partial charge in [0.1, 0.15) is 5.75 Å². The van der Waals surface area contributed by atoms with Crippen LogP contribution in [0.4, 0.5) is 0 Å². The first kappa shape index (κ1) is 15.5. The van der Waals surface area contributed by atoms with Gasteiger partial charge in [0.2, 0.25) is 0 Å². The van der Waals surface area contributed by atoms with Crippen molar-refractivity contribution < 1.29 is 14.3 Å². The second kappa shape index (κ2) is 6.70. The number of methoxy groups -OCH3 is 1. The van der Waals surface area contributed by atoms with Crippen LogP contribution in [-0.2, 0) is 4.74 Å². The van der Waals surface area contributed by atoms with Crippen molar-refractivity contribution >= 4 is 21.7 Å². The molecule has 5 heteroatoms. The van der Waals surface area contributed by atoms with Crippen LogP contribution in [0, 0.1) is 0 Å². The van der Waals surface area contributed by atoms with Crippen LogP contribution >= 0.6 is 15.9 Å². The van der Waals surface area contributed by atoms with Gasteiger partial charge in [-0.2, -0.15) is 0 Å². The highest BCUT2D eigenvalue weighted by molar-refractivity contribution is 9.10. The Labute approximate surface area is 128 Å². The molecule has 0 radical (unpaired) electrons. The van der Waals surface area contributed by atoms with Gasteiger partial charge in [0.25, 0.3) is 0 Å². The quantitative estimate of drug-likeness (QED) is 0.789. The highest BCUT2D eigenvalue weighted by Gasteiger charge is 2.24. The monoisotopic (exact) mass is 341 g/mol. The normalized spacial score (nSPS) is 23.6. The lowest BCUT2D eigenvalue weighted by Gasteiger charge is -2.34. The van der Waals surface area contributed by atoms with Crippen molar-refractivity contribution in [1.29, 1.82) is 0 Å². The highest BCUT2D eigenvalue weighted by Crippen LogP contribution is 2.25. The first-order chi connectivity index (χ1) is 9.49. The minimum Gasteiger partial charge on any atom is -0.496 e. The van der Waals surface area contributed by atoms with E-state index in [1.165, 1.54) is 0 Å². The lowest BCUT2D eigenvalue weighted by Crippen LogP contribution is -2.47. The molecule has 0 amide bonds. The maximum Gasteiger partial charge on any atom is 0.176 e. The summed E-state index contributed by atoms with van der Waals surface area (Å²) in [5.74, 6) is 0.852. The summed E-state index contributed by atoms with van der Waals surface area (Å²) in [6.45, 7) is 6.10. The average Bonchev–Trinajstić information content (AvgIpc) is 2.37. The number of halogens is 1. The standard InChI is InChI=1S/C15H20BrNO3/c1-10-7-17(8-11(2)20-10)9-14(18)12-4-5-15(19-3)13(16)6-12/h4-6,10-11H,7-9H2,1-3H3/t10-,11+. The van der Waals surface area contributed by atoms with Crippen LogP contribution in [0.5, 0.6) is 5.75 Å². The van der Waals surface area contributed by atoms with Crippen molar-refractivity contribution in [3.63, 3.8) is 0 Å². The number of carbonyl (C=O) groups excluding carboxylic acids is 1. The lowest BCUT2D eigenvalue weighted by atomic mass is 10.1. The third-order valence-corrected chi connectivity index (χ3v) is 3.96. The van der Waals surface area contributed by atoms with E-state index in [1.807, 2.05) is 26.0 Å². The Kier molecular flexibility index (Phi) is 5.18. The predicted molar refractivity (Wildman–Crippen MR) is 81.5 cm³/mol. The summed E-state index contributed by atoms with van der Waals surface area (Å²) in [5.41, 5.74) is 0.699. The number of hydrogen-bond donors (Lipinski definition) is 0. The van der Waals surface area contributed by atoms with Crippen molar-refractivity contribution in [2.45, 2.75) is 26.1 Å². The summed E-state index contributed by atoms with van der Waals surface area (Å²) >= 11 is 3.41. The minimum atomic E-state index is 0.120. The molecule has 4 nitrogen and oxygen atoms in total. The number of Topliss-reactive ketones (excluding diaryl/α,β-unsaturated/α-hetero) is 1. The number of nitrogens with zero attached hydrogens (tertiary/aromatic N) is 1. The molecule has 1 fully saturated rings. The molecule has 0 saturated carbocycles. The third-order valence-electron chi connectivity index (χ3n) is 3.34. The Morgan fingerprint density at radius 2 is 2.05 bits per heavy atom. The third kappa shape index (κ3) is 3.81. The van der Waals surface area contributed by atoms with Crippen LogP contribution in [0.2, 0.25) is 0 Å². The Bertz CT molecular complexity index is 482. The molecule has 2 rings (SSSR count). The molecule has 1 heterocycles. The summed E-state index contributed by atoms with van der Waals surface area (Å²) in [5, 5.41) is 0. The molecule has 0 bridgehead atoms. The maximum atomic E-state index is 12.3. The molecule has 1 aliphatic rings. The van der Waals surface area contributed by atoms with E-state index in [0.717, 1.165) is 23.3 Å². The van der Waals surface area contributed by atoms with Gasteiger partial charge in [0.05, 0.1) is 30.3 Å². The number of rotatable bonds is 4. The van der Waals surface area contributed by atoms with Crippen LogP contribution in [-0.4, -0.2) is 49.6 Å². The Hall–Kier alpha value is -0.910. The number of hydrogen-bond acceptors (Lipinski definition) is 4. The SMILES string of the molecule is COc1ccc(C(=O)CN2C[C@@H](C)O[C@@H](C)C2)cc1Br. The number of benzene rings is 1. The van der Waals surface area contributed by atoms with Gasteiger partial charge in [-0.1, -0.05) is 0 Å². The van der Waals surface area contributed by atoms with E-state index < -0.39 is 0 Å². The fourth-order valence-electron chi connectivity index (χ4n) is 2.55. The van der Waals surface area contributed by atoms with E-state index in [-0.39, 0.29) is 18.0 Å². The van der Waals surface area contributed by atoms with Crippen molar-refractivity contribution in [2.24, 2.45) is 0 Å². The molecule has 1 saturated heterocycles. The topological polar surface area (TPSA) is 38.8 Å². The van der Waals surface area contributed by atoms with Gasteiger partial charge in [-0.15, -0.1) is 0 Å². The summed E-state index contributed by atoms with van der Waals surface area (Å²) in [6, 6.07) is 5.43. The number of ketones is 1. The largest absolute Gasteiger partial charge is 0.496 e. The van der Waals surface area contributed by atoms with Crippen LogP contribution in [0.25, 0.3) is 0 Å². The molecule has 1 aromatic carbocycles. The summed E-state index contributed by atoms with van der Waals surface area (Å²) in [4.78, 5) is 14.5. The van der Waals surface area contributed by atoms with Crippen LogP contribution < -0.4 is 4.74 Å². The van der Waals surface area contributed by atoms with Gasteiger partial charge in [0, 0.05) is 18.7 Å². The average molecular weight is 342 g/mol. The molecule has 1 aliphatic heterocycles. The van der Waals surface area contributed by atoms with Crippen molar-refractivity contribution in [3.8, 4) is 5.75 Å². The Morgan fingerprint density at radius 1 is 1.40 bits per heavy atom. The predicted octanol–water partition coefficient (Wildman–Crippen LogP) is 2.75. The molecular weight excluding hydrogens is 322 g/mol. The second-order valence-corrected chi connectivity index (χ2v) is 6.08. The van der Waals surface area contributed by atoms with E-state index in [1.54, 1.807) is 13.2 Å². The molecule has 0 spiro atoms. The fourth-order valence-corrected chi connectivity index (χ4v) is 3.09. The zero-order valence-corrected chi connectivity index (χ0v) is 13.6. The second-order valence-electron chi connectivity index (χ2n) is 5.22. The van der Waals surface area contributed by atoms with E-state index in [4.69, 9.17) is 9.47 Å². The molecular formula is C15H20BrNO3. The number of carbonyl (C=O) groups is 1. The van der Waals surface area contributed by atoms with Gasteiger partial charge >= 0.3 is 0 Å². The molecule has 1 aromatic rings. The van der Waals surface area contributed by atoms with Gasteiger partial charge < -0.3 is 9.47 Å². The maximum absolute atomic E-state index is 12.3. The van der Waals surface area contributed by atoms with E-state index in [9.17, 15) is 4.79 Å². The van der Waals surface area contributed by atoms with E-state index >= 15 is 0 Å². The minimum absolute atomic E-state index is 0.120. The first-order valence-electron chi connectivity index (χ1n) is 6.74. The molecule has 110 valence electrons. The van der Waals surface area contributed by atoms with Gasteiger partial charge in [-0.25, -0.2) is 0 Å². The summed E-state index contributed by atoms with van der Waals surface area (Å²) in [6.07, 6.45) is 0.350. The molecule has 0 unspecified atom stereocenters. The van der Waals surface area contributed by atoms with Gasteiger partial charge in [0.15, 0.2) is 5.78 Å². The number of ether oxygens (including phenoxy) is 2.